The summed E-state index contributed by atoms with van der Waals surface area (Å²) in [6.07, 6.45) is 5.23. The van der Waals surface area contributed by atoms with Gasteiger partial charge in [0.25, 0.3) is 0 Å². The number of aromatic amines is 1. The fourth-order valence-corrected chi connectivity index (χ4v) is 1.65. The molecule has 2 heterocycles. The number of anilines is 1. The van der Waals surface area contributed by atoms with E-state index in [1.807, 2.05) is 24.4 Å². The summed E-state index contributed by atoms with van der Waals surface area (Å²) in [6.45, 7) is 0.764. The van der Waals surface area contributed by atoms with Gasteiger partial charge in [-0.05, 0) is 24.3 Å². The molecule has 4 heteroatoms. The standard InChI is InChI=1S/C12H11N3O/c1-2-12-10(7-14-15-12)5-11(1)13-6-9-3-4-16-8-9/h1-5,7-8,13H,6H2,(H,14,15). The third-order valence-corrected chi connectivity index (χ3v) is 2.52. The molecule has 2 N–H and O–H groups in total. The van der Waals surface area contributed by atoms with Crippen molar-refractivity contribution in [3.05, 3.63) is 48.6 Å². The molecule has 16 heavy (non-hydrogen) atoms. The van der Waals surface area contributed by atoms with E-state index in [0.29, 0.717) is 0 Å². The summed E-state index contributed by atoms with van der Waals surface area (Å²) in [6, 6.07) is 8.06. The van der Waals surface area contributed by atoms with Gasteiger partial charge in [-0.2, -0.15) is 5.10 Å². The van der Waals surface area contributed by atoms with E-state index in [1.165, 1.54) is 0 Å². The molecule has 0 saturated heterocycles. The number of benzene rings is 1. The van der Waals surface area contributed by atoms with Crippen molar-refractivity contribution in [2.45, 2.75) is 6.54 Å². The highest BCUT2D eigenvalue weighted by atomic mass is 16.3. The third-order valence-electron chi connectivity index (χ3n) is 2.52. The first-order chi connectivity index (χ1) is 7.92. The highest BCUT2D eigenvalue weighted by Gasteiger charge is 1.98. The molecule has 1 aromatic carbocycles. The zero-order valence-corrected chi connectivity index (χ0v) is 8.60. The number of H-pyrrole nitrogens is 1. The lowest BCUT2D eigenvalue weighted by atomic mass is 10.2. The molecule has 0 aliphatic heterocycles. The molecule has 0 saturated carbocycles. The van der Waals surface area contributed by atoms with Gasteiger partial charge in [0.05, 0.1) is 24.2 Å². The molecular formula is C12H11N3O. The van der Waals surface area contributed by atoms with Gasteiger partial charge in [-0.3, -0.25) is 5.10 Å². The van der Waals surface area contributed by atoms with Gasteiger partial charge in [-0.25, -0.2) is 0 Å². The summed E-state index contributed by atoms with van der Waals surface area (Å²) < 4.78 is 5.01. The van der Waals surface area contributed by atoms with Crippen molar-refractivity contribution in [3.63, 3.8) is 0 Å². The van der Waals surface area contributed by atoms with Crippen LogP contribution in [-0.4, -0.2) is 10.2 Å². The van der Waals surface area contributed by atoms with Crippen LogP contribution in [0.15, 0.2) is 47.4 Å². The van der Waals surface area contributed by atoms with Crippen LogP contribution >= 0.6 is 0 Å². The first kappa shape index (κ1) is 9.03. The average Bonchev–Trinajstić information content (AvgIpc) is 2.97. The van der Waals surface area contributed by atoms with Crippen molar-refractivity contribution in [1.29, 1.82) is 0 Å². The fraction of sp³-hybridized carbons (Fsp3) is 0.0833. The number of fused-ring (bicyclic) bond motifs is 1. The molecular weight excluding hydrogens is 202 g/mol. The molecule has 2 aromatic heterocycles. The lowest BCUT2D eigenvalue weighted by molar-refractivity contribution is 0.564. The Bertz CT molecular complexity index is 583. The third kappa shape index (κ3) is 1.65. The van der Waals surface area contributed by atoms with E-state index in [-0.39, 0.29) is 0 Å². The smallest absolute Gasteiger partial charge is 0.0952 e. The van der Waals surface area contributed by atoms with Crippen molar-refractivity contribution >= 4 is 16.6 Å². The highest BCUT2D eigenvalue weighted by molar-refractivity contribution is 5.81. The van der Waals surface area contributed by atoms with E-state index in [4.69, 9.17) is 4.42 Å². The summed E-state index contributed by atoms with van der Waals surface area (Å²) in [5, 5.41) is 11.3. The second-order valence-corrected chi connectivity index (χ2v) is 3.66. The van der Waals surface area contributed by atoms with Crippen molar-refractivity contribution < 1.29 is 4.42 Å². The minimum absolute atomic E-state index is 0.764. The number of hydrogen-bond donors (Lipinski definition) is 2. The minimum atomic E-state index is 0.764. The molecule has 0 fully saturated rings. The van der Waals surface area contributed by atoms with Crippen LogP contribution in [0.3, 0.4) is 0 Å². The lowest BCUT2D eigenvalue weighted by Gasteiger charge is -2.04. The van der Waals surface area contributed by atoms with E-state index in [0.717, 1.165) is 28.7 Å². The van der Waals surface area contributed by atoms with Gasteiger partial charge in [-0.1, -0.05) is 0 Å². The van der Waals surface area contributed by atoms with Gasteiger partial charge in [0.15, 0.2) is 0 Å². The summed E-state index contributed by atoms with van der Waals surface area (Å²) in [5.41, 5.74) is 3.26. The number of nitrogens with one attached hydrogen (secondary N) is 2. The SMILES string of the molecule is c1cc(CNc2ccc3[nH]ncc3c2)co1. The summed E-state index contributed by atoms with van der Waals surface area (Å²) in [5.74, 6) is 0. The molecule has 3 rings (SSSR count). The van der Waals surface area contributed by atoms with Crippen LogP contribution in [0.25, 0.3) is 10.9 Å². The second kappa shape index (κ2) is 3.73. The maximum absolute atomic E-state index is 5.01. The van der Waals surface area contributed by atoms with Crippen molar-refractivity contribution in [2.24, 2.45) is 0 Å². The van der Waals surface area contributed by atoms with Crippen molar-refractivity contribution in [2.75, 3.05) is 5.32 Å². The molecule has 3 aromatic rings. The maximum Gasteiger partial charge on any atom is 0.0952 e. The highest BCUT2D eigenvalue weighted by Crippen LogP contribution is 2.17. The lowest BCUT2D eigenvalue weighted by Crippen LogP contribution is -1.97. The first-order valence-corrected chi connectivity index (χ1v) is 5.10. The number of hydrogen-bond acceptors (Lipinski definition) is 3. The molecule has 0 unspecified atom stereocenters. The monoisotopic (exact) mass is 213 g/mol. The van der Waals surface area contributed by atoms with Crippen LogP contribution in [0.4, 0.5) is 5.69 Å². The van der Waals surface area contributed by atoms with Gasteiger partial charge in [-0.15, -0.1) is 0 Å². The zero-order chi connectivity index (χ0) is 10.8. The molecule has 0 aliphatic carbocycles. The predicted molar refractivity (Wildman–Crippen MR) is 62.1 cm³/mol. The quantitative estimate of drug-likeness (QED) is 0.703. The molecule has 80 valence electrons. The van der Waals surface area contributed by atoms with Gasteiger partial charge in [0.1, 0.15) is 0 Å². The summed E-state index contributed by atoms with van der Waals surface area (Å²) >= 11 is 0. The van der Waals surface area contributed by atoms with Gasteiger partial charge in [0, 0.05) is 23.2 Å². The van der Waals surface area contributed by atoms with Gasteiger partial charge in [0.2, 0.25) is 0 Å². The van der Waals surface area contributed by atoms with Crippen LogP contribution in [0.5, 0.6) is 0 Å². The van der Waals surface area contributed by atoms with Crippen LogP contribution in [-0.2, 0) is 6.54 Å². The number of rotatable bonds is 3. The second-order valence-electron chi connectivity index (χ2n) is 3.66. The molecule has 0 aliphatic rings. The normalized spacial score (nSPS) is 10.8. The van der Waals surface area contributed by atoms with Crippen molar-refractivity contribution in [1.82, 2.24) is 10.2 Å². The first-order valence-electron chi connectivity index (χ1n) is 5.10. The van der Waals surface area contributed by atoms with Gasteiger partial charge >= 0.3 is 0 Å². The van der Waals surface area contributed by atoms with Crippen LogP contribution in [0.2, 0.25) is 0 Å². The van der Waals surface area contributed by atoms with E-state index < -0.39 is 0 Å². The minimum Gasteiger partial charge on any atom is -0.472 e. The summed E-state index contributed by atoms with van der Waals surface area (Å²) in [4.78, 5) is 0. The Hall–Kier alpha value is -2.23. The molecule has 4 nitrogen and oxygen atoms in total. The van der Waals surface area contributed by atoms with E-state index in [2.05, 4.69) is 21.6 Å². The maximum atomic E-state index is 5.01. The number of furan rings is 1. The van der Waals surface area contributed by atoms with Crippen LogP contribution in [0, 0.1) is 0 Å². The number of nitrogens with zero attached hydrogens (tertiary/aromatic N) is 1. The van der Waals surface area contributed by atoms with Crippen LogP contribution in [0.1, 0.15) is 5.56 Å². The predicted octanol–water partition coefficient (Wildman–Crippen LogP) is 2.77. The Kier molecular flexibility index (Phi) is 2.11. The molecule has 0 bridgehead atoms. The van der Waals surface area contributed by atoms with E-state index in [9.17, 15) is 0 Å². The van der Waals surface area contributed by atoms with E-state index >= 15 is 0 Å². The number of aromatic nitrogens is 2. The Morgan fingerprint density at radius 1 is 1.31 bits per heavy atom. The fourth-order valence-electron chi connectivity index (χ4n) is 1.65. The Morgan fingerprint density at radius 3 is 3.19 bits per heavy atom. The van der Waals surface area contributed by atoms with Crippen LogP contribution < -0.4 is 5.32 Å². The molecule has 0 amide bonds. The molecule has 0 radical (unpaired) electrons. The zero-order valence-electron chi connectivity index (χ0n) is 8.60. The average molecular weight is 213 g/mol. The summed E-state index contributed by atoms with van der Waals surface area (Å²) in [7, 11) is 0. The van der Waals surface area contributed by atoms with E-state index in [1.54, 1.807) is 12.5 Å². The van der Waals surface area contributed by atoms with Crippen molar-refractivity contribution in [3.8, 4) is 0 Å². The Labute approximate surface area is 92.3 Å². The molecule has 0 spiro atoms. The largest absolute Gasteiger partial charge is 0.472 e. The van der Waals surface area contributed by atoms with Gasteiger partial charge < -0.3 is 9.73 Å². The molecule has 0 atom stereocenters. The Morgan fingerprint density at radius 2 is 2.31 bits per heavy atom. The topological polar surface area (TPSA) is 53.9 Å². The Balaban J connectivity index is 1.78.